The normalized spacial score (nSPS) is 15.1. The highest BCUT2D eigenvalue weighted by atomic mass is 79.9. The number of ketones is 1. The molecule has 26 heavy (non-hydrogen) atoms. The predicted octanol–water partition coefficient (Wildman–Crippen LogP) is 3.33. The van der Waals surface area contributed by atoms with Gasteiger partial charge >= 0.3 is 5.97 Å². The lowest BCUT2D eigenvalue weighted by Gasteiger charge is -2.15. The molecule has 9 heteroatoms. The number of nitrogens with zero attached hydrogens (tertiary/aromatic N) is 1. The molecule has 1 aromatic carbocycles. The zero-order chi connectivity index (χ0) is 18.7. The van der Waals surface area contributed by atoms with Gasteiger partial charge in [-0.1, -0.05) is 0 Å². The molecule has 0 atom stereocenters. The van der Waals surface area contributed by atoms with Crippen LogP contribution in [0.2, 0.25) is 0 Å². The highest BCUT2D eigenvalue weighted by Gasteiger charge is 2.27. The average Bonchev–Trinajstić information content (AvgIpc) is 3.31. The molecular formula is C17H16BrNO5S2. The van der Waals surface area contributed by atoms with Gasteiger partial charge in [0.25, 0.3) is 0 Å². The largest absolute Gasteiger partial charge is 0.454 e. The van der Waals surface area contributed by atoms with Gasteiger partial charge in [0.05, 0.1) is 19.1 Å². The lowest BCUT2D eigenvalue weighted by molar-refractivity contribution is 0.0475. The standard InChI is InChI=1S/C17H16BrNO5S2/c18-16-8-7-15(25-16)14(20)11-24-17(21)12-3-5-13(6-4-12)26(22,23)19-9-1-2-10-19/h3-8H,1-2,9-11H2. The van der Waals surface area contributed by atoms with E-state index in [4.69, 9.17) is 4.74 Å². The molecule has 1 fully saturated rings. The van der Waals surface area contributed by atoms with Crippen molar-refractivity contribution >= 4 is 49.0 Å². The third-order valence-corrected chi connectivity index (χ3v) is 7.55. The van der Waals surface area contributed by atoms with Crippen LogP contribution in [-0.2, 0) is 14.8 Å². The van der Waals surface area contributed by atoms with Gasteiger partial charge in [0.1, 0.15) is 0 Å². The molecule has 138 valence electrons. The zero-order valence-electron chi connectivity index (χ0n) is 13.7. The number of carbonyl (C=O) groups excluding carboxylic acids is 2. The Morgan fingerprint density at radius 2 is 1.73 bits per heavy atom. The van der Waals surface area contributed by atoms with Crippen molar-refractivity contribution in [2.75, 3.05) is 19.7 Å². The molecule has 0 radical (unpaired) electrons. The first kappa shape index (κ1) is 19.2. The molecule has 1 saturated heterocycles. The summed E-state index contributed by atoms with van der Waals surface area (Å²) >= 11 is 4.53. The van der Waals surface area contributed by atoms with Crippen molar-refractivity contribution in [3.05, 3.63) is 50.6 Å². The minimum Gasteiger partial charge on any atom is -0.454 e. The summed E-state index contributed by atoms with van der Waals surface area (Å²) in [5.41, 5.74) is 0.200. The van der Waals surface area contributed by atoms with E-state index in [9.17, 15) is 18.0 Å². The summed E-state index contributed by atoms with van der Waals surface area (Å²) in [6, 6.07) is 8.99. The highest BCUT2D eigenvalue weighted by Crippen LogP contribution is 2.23. The Bertz CT molecular complexity index is 915. The Hall–Kier alpha value is -1.55. The first-order valence-electron chi connectivity index (χ1n) is 7.94. The van der Waals surface area contributed by atoms with E-state index in [1.54, 1.807) is 12.1 Å². The van der Waals surface area contributed by atoms with E-state index in [0.29, 0.717) is 18.0 Å². The lowest BCUT2D eigenvalue weighted by Crippen LogP contribution is -2.27. The number of ether oxygens (including phenoxy) is 1. The minimum atomic E-state index is -3.52. The molecule has 0 saturated carbocycles. The Balaban J connectivity index is 1.62. The molecule has 2 heterocycles. The first-order valence-corrected chi connectivity index (χ1v) is 11.0. The van der Waals surface area contributed by atoms with E-state index in [1.165, 1.54) is 39.9 Å². The van der Waals surface area contributed by atoms with Gasteiger partial charge in [-0.15, -0.1) is 11.3 Å². The smallest absolute Gasteiger partial charge is 0.338 e. The number of Topliss-reactive ketones (excluding diaryl/α,β-unsaturated/α-hetero) is 1. The Morgan fingerprint density at radius 3 is 2.31 bits per heavy atom. The van der Waals surface area contributed by atoms with Crippen LogP contribution in [0.25, 0.3) is 0 Å². The molecule has 6 nitrogen and oxygen atoms in total. The van der Waals surface area contributed by atoms with Crippen LogP contribution in [0.15, 0.2) is 45.1 Å². The third-order valence-electron chi connectivity index (χ3n) is 3.98. The number of carbonyl (C=O) groups is 2. The van der Waals surface area contributed by atoms with Crippen LogP contribution in [0.3, 0.4) is 0 Å². The van der Waals surface area contributed by atoms with E-state index in [0.717, 1.165) is 16.6 Å². The fourth-order valence-corrected chi connectivity index (χ4v) is 5.42. The molecule has 0 N–H and O–H groups in total. The SMILES string of the molecule is O=C(OCC(=O)c1ccc(Br)s1)c1ccc(S(=O)(=O)N2CCCC2)cc1. The van der Waals surface area contributed by atoms with Crippen LogP contribution in [0.1, 0.15) is 32.9 Å². The van der Waals surface area contributed by atoms with Crippen LogP contribution in [0.4, 0.5) is 0 Å². The van der Waals surface area contributed by atoms with Crippen LogP contribution in [-0.4, -0.2) is 44.2 Å². The molecular weight excluding hydrogens is 442 g/mol. The van der Waals surface area contributed by atoms with Crippen LogP contribution >= 0.6 is 27.3 Å². The van der Waals surface area contributed by atoms with E-state index >= 15 is 0 Å². The summed E-state index contributed by atoms with van der Waals surface area (Å²) in [5, 5.41) is 0. The van der Waals surface area contributed by atoms with E-state index in [-0.39, 0.29) is 22.8 Å². The number of rotatable bonds is 6. The number of halogens is 1. The van der Waals surface area contributed by atoms with E-state index in [1.807, 2.05) is 0 Å². The van der Waals surface area contributed by atoms with Crippen molar-refractivity contribution in [1.29, 1.82) is 0 Å². The molecule has 0 aliphatic carbocycles. The van der Waals surface area contributed by atoms with Crippen molar-refractivity contribution in [2.24, 2.45) is 0 Å². The van der Waals surface area contributed by atoms with Gasteiger partial charge in [-0.25, -0.2) is 13.2 Å². The quantitative estimate of drug-likeness (QED) is 0.490. The summed E-state index contributed by atoms with van der Waals surface area (Å²) in [6.07, 6.45) is 1.72. The number of hydrogen-bond acceptors (Lipinski definition) is 6. The van der Waals surface area contributed by atoms with Gasteiger partial charge in [-0.05, 0) is 65.2 Å². The minimum absolute atomic E-state index is 0.149. The molecule has 0 amide bonds. The van der Waals surface area contributed by atoms with Crippen molar-refractivity contribution in [3.63, 3.8) is 0 Å². The van der Waals surface area contributed by atoms with Crippen molar-refractivity contribution in [1.82, 2.24) is 4.31 Å². The van der Waals surface area contributed by atoms with Gasteiger partial charge in [0, 0.05) is 13.1 Å². The van der Waals surface area contributed by atoms with Crippen LogP contribution < -0.4 is 0 Å². The lowest BCUT2D eigenvalue weighted by atomic mass is 10.2. The molecule has 1 aliphatic heterocycles. The molecule has 0 spiro atoms. The Kier molecular flexibility index (Phi) is 5.91. The Morgan fingerprint density at radius 1 is 1.08 bits per heavy atom. The summed E-state index contributed by atoms with van der Waals surface area (Å²) in [4.78, 5) is 24.7. The second kappa shape index (κ2) is 7.99. The molecule has 1 aromatic heterocycles. The monoisotopic (exact) mass is 457 g/mol. The molecule has 2 aromatic rings. The number of esters is 1. The molecule has 0 bridgehead atoms. The van der Waals surface area contributed by atoms with Gasteiger partial charge in [0.15, 0.2) is 6.61 Å². The first-order chi connectivity index (χ1) is 12.4. The number of hydrogen-bond donors (Lipinski definition) is 0. The topological polar surface area (TPSA) is 80.8 Å². The van der Waals surface area contributed by atoms with Crippen LogP contribution in [0.5, 0.6) is 0 Å². The van der Waals surface area contributed by atoms with Crippen LogP contribution in [0, 0.1) is 0 Å². The number of thiophene rings is 1. The molecule has 3 rings (SSSR count). The van der Waals surface area contributed by atoms with Crippen molar-refractivity contribution in [2.45, 2.75) is 17.7 Å². The maximum absolute atomic E-state index is 12.5. The van der Waals surface area contributed by atoms with Gasteiger partial charge in [-0.3, -0.25) is 4.79 Å². The van der Waals surface area contributed by atoms with E-state index < -0.39 is 16.0 Å². The average molecular weight is 458 g/mol. The van der Waals surface area contributed by atoms with Gasteiger partial charge in [-0.2, -0.15) is 4.31 Å². The molecule has 0 unspecified atom stereocenters. The summed E-state index contributed by atoms with van der Waals surface area (Å²) in [6.45, 7) is 0.680. The van der Waals surface area contributed by atoms with Gasteiger partial charge < -0.3 is 4.74 Å². The fraction of sp³-hybridized carbons (Fsp3) is 0.294. The van der Waals surface area contributed by atoms with E-state index in [2.05, 4.69) is 15.9 Å². The van der Waals surface area contributed by atoms with Gasteiger partial charge in [0.2, 0.25) is 15.8 Å². The Labute approximate surface area is 164 Å². The number of sulfonamides is 1. The fourth-order valence-electron chi connectivity index (χ4n) is 2.59. The number of benzene rings is 1. The highest BCUT2D eigenvalue weighted by molar-refractivity contribution is 9.11. The maximum Gasteiger partial charge on any atom is 0.338 e. The summed E-state index contributed by atoms with van der Waals surface area (Å²) in [5.74, 6) is -0.957. The predicted molar refractivity (Wildman–Crippen MR) is 101 cm³/mol. The van der Waals surface area contributed by atoms with Crippen molar-refractivity contribution < 1.29 is 22.7 Å². The second-order valence-electron chi connectivity index (χ2n) is 5.74. The van der Waals surface area contributed by atoms with Crippen molar-refractivity contribution in [3.8, 4) is 0 Å². The third kappa shape index (κ3) is 4.22. The second-order valence-corrected chi connectivity index (χ2v) is 10.1. The maximum atomic E-state index is 12.5. The zero-order valence-corrected chi connectivity index (χ0v) is 16.9. The summed E-state index contributed by atoms with van der Waals surface area (Å²) in [7, 11) is -3.52. The molecule has 1 aliphatic rings. The summed E-state index contributed by atoms with van der Waals surface area (Å²) < 4.78 is 32.2.